The molecule has 0 radical (unpaired) electrons. The molecule has 10 amide bonds. The van der Waals surface area contributed by atoms with Crippen LogP contribution in [-0.4, -0.2) is 166 Å². The number of carbonyl (C=O) groups is 12. The summed E-state index contributed by atoms with van der Waals surface area (Å²) in [4.78, 5) is 170. The highest BCUT2D eigenvalue weighted by Gasteiger charge is 2.37. The molecule has 0 spiro atoms. The van der Waals surface area contributed by atoms with Gasteiger partial charge in [-0.3, -0.25) is 62.5 Å². The number of aliphatic carboxylic acids is 2. The van der Waals surface area contributed by atoms with E-state index in [0.717, 1.165) is 0 Å². The molecule has 1 aromatic heterocycles. The van der Waals surface area contributed by atoms with Crippen LogP contribution in [0.5, 0.6) is 0 Å². The van der Waals surface area contributed by atoms with Gasteiger partial charge in [0, 0.05) is 42.9 Å². The van der Waals surface area contributed by atoms with Crippen LogP contribution in [0.3, 0.4) is 0 Å². The number of guanidine groups is 1. The average Bonchev–Trinajstić information content (AvgIpc) is 1.90. The number of hydrogen-bond donors (Lipinski definition) is 17. The monoisotopic (exact) mass is 1270 g/mol. The number of para-hydroxylation sites is 1. The summed E-state index contributed by atoms with van der Waals surface area (Å²) in [6.07, 6.45) is 0.982. The molecular weight excluding hydrogens is 1180 g/mol. The Balaban J connectivity index is 2.03. The number of rotatable bonds is 42. The van der Waals surface area contributed by atoms with Crippen molar-refractivity contribution in [3.05, 3.63) is 71.9 Å². The largest absolute Gasteiger partial charge is 0.481 e. The molecule has 91 heavy (non-hydrogen) atoms. The number of nitrogens with one attached hydrogen (secondary N) is 10. The van der Waals surface area contributed by atoms with Crippen LogP contribution in [0.2, 0.25) is 0 Å². The second-order valence-electron chi connectivity index (χ2n) is 23.4. The van der Waals surface area contributed by atoms with Gasteiger partial charge < -0.3 is 91.7 Å². The Morgan fingerprint density at radius 1 is 0.538 bits per heavy atom. The summed E-state index contributed by atoms with van der Waals surface area (Å²) in [7, 11) is 0. The Labute approximate surface area is 529 Å². The summed E-state index contributed by atoms with van der Waals surface area (Å²) in [6.45, 7) is 10.2. The number of benzene rings is 2. The molecule has 10 atom stereocenters. The van der Waals surface area contributed by atoms with Crippen molar-refractivity contribution >= 4 is 87.9 Å². The van der Waals surface area contributed by atoms with Crippen molar-refractivity contribution in [2.45, 2.75) is 179 Å². The average molecular weight is 1280 g/mol. The van der Waals surface area contributed by atoms with Gasteiger partial charge in [0.05, 0.1) is 12.5 Å². The standard InChI is InChI=1S/C61H94N16O14/c1-7-35(6)51(77-59(90)45(28-36-16-9-8-10-17-36)74-57(88)43(26-33(2)3)72-52(83)39(63)19-15-25-67-61(65)66)60(91)71-42(22-23-49(79)80)55(86)75-46(29-37-31-68-40-20-12-11-18-38(37)40)58(89)73-44(27-34(4)5)56(87)70-41(21-13-14-24-62)54(85)76-47(30-48(64)78)53(84)69-32-50(81)82/h8-12,16-18,20,31,33-35,39,41-47,51,68H,7,13-15,19,21-30,32,62-63H2,1-6H3,(H2,64,78)(H,69,84)(H,70,87)(H,71,91)(H,72,83)(H,73,89)(H,74,88)(H,75,86)(H,76,85)(H,77,90)(H,79,80)(H,81,82)(H4,65,66,67)/t35-,39-,41-,42-,43-,44-,45-,46-,47-,51-/m0/s1. The van der Waals surface area contributed by atoms with Crippen LogP contribution in [0.1, 0.15) is 123 Å². The summed E-state index contributed by atoms with van der Waals surface area (Å²) in [5.41, 5.74) is 29.9. The number of fused-ring (bicyclic) bond motifs is 1. The Morgan fingerprint density at radius 3 is 1.60 bits per heavy atom. The molecule has 0 saturated carbocycles. The lowest BCUT2D eigenvalue weighted by Gasteiger charge is -2.30. The van der Waals surface area contributed by atoms with E-state index in [9.17, 15) is 62.6 Å². The number of nitrogens with zero attached hydrogens (tertiary/aromatic N) is 1. The first kappa shape index (κ1) is 76.1. The zero-order chi connectivity index (χ0) is 67.9. The second-order valence-corrected chi connectivity index (χ2v) is 23.4. The molecule has 3 rings (SSSR count). The smallest absolute Gasteiger partial charge is 0.322 e. The van der Waals surface area contributed by atoms with Gasteiger partial charge in [-0.15, -0.1) is 0 Å². The van der Waals surface area contributed by atoms with Gasteiger partial charge in [0.1, 0.15) is 54.9 Å². The third-order valence-electron chi connectivity index (χ3n) is 14.7. The third-order valence-corrected chi connectivity index (χ3v) is 14.7. The van der Waals surface area contributed by atoms with Gasteiger partial charge in [-0.05, 0) is 92.9 Å². The molecule has 0 bridgehead atoms. The molecule has 0 aliphatic heterocycles. The Morgan fingerprint density at radius 2 is 1.04 bits per heavy atom. The number of nitrogens with two attached hydrogens (primary N) is 5. The predicted molar refractivity (Wildman–Crippen MR) is 338 cm³/mol. The molecule has 0 fully saturated rings. The lowest BCUT2D eigenvalue weighted by atomic mass is 9.96. The van der Waals surface area contributed by atoms with E-state index >= 15 is 0 Å². The maximum atomic E-state index is 14.8. The van der Waals surface area contributed by atoms with Crippen LogP contribution in [-0.2, 0) is 70.4 Å². The van der Waals surface area contributed by atoms with E-state index < -0.39 is 157 Å². The first-order valence-electron chi connectivity index (χ1n) is 30.6. The number of aromatic amines is 1. The molecule has 0 saturated heterocycles. The van der Waals surface area contributed by atoms with Gasteiger partial charge in [-0.25, -0.2) is 0 Å². The van der Waals surface area contributed by atoms with Crippen LogP contribution >= 0.6 is 0 Å². The molecule has 30 nitrogen and oxygen atoms in total. The number of aliphatic imine (C=N–C) groups is 1. The fourth-order valence-corrected chi connectivity index (χ4v) is 9.70. The number of unbranched alkanes of at least 4 members (excludes halogenated alkanes) is 1. The van der Waals surface area contributed by atoms with Crippen LogP contribution < -0.4 is 76.5 Å². The Bertz CT molecular complexity index is 2970. The number of hydrogen-bond acceptors (Lipinski definition) is 15. The zero-order valence-electron chi connectivity index (χ0n) is 52.6. The lowest BCUT2D eigenvalue weighted by Crippen LogP contribution is -2.61. The number of carbonyl (C=O) groups excluding carboxylic acids is 10. The fraction of sp³-hybridized carbons (Fsp3) is 0.557. The highest BCUT2D eigenvalue weighted by Crippen LogP contribution is 2.21. The predicted octanol–water partition coefficient (Wildman–Crippen LogP) is -1.58. The van der Waals surface area contributed by atoms with Crippen molar-refractivity contribution in [2.24, 2.45) is 51.4 Å². The van der Waals surface area contributed by atoms with Crippen LogP contribution in [0.4, 0.5) is 0 Å². The fourth-order valence-electron chi connectivity index (χ4n) is 9.70. The molecule has 2 aromatic carbocycles. The molecule has 3 aromatic rings. The van der Waals surface area contributed by atoms with Crippen molar-refractivity contribution in [1.82, 2.24) is 52.8 Å². The van der Waals surface area contributed by atoms with Crippen LogP contribution in [0.25, 0.3) is 10.9 Å². The summed E-state index contributed by atoms with van der Waals surface area (Å²) < 4.78 is 0. The van der Waals surface area contributed by atoms with Crippen molar-refractivity contribution in [2.75, 3.05) is 19.6 Å². The van der Waals surface area contributed by atoms with Gasteiger partial charge >= 0.3 is 11.9 Å². The quantitative estimate of drug-likeness (QED) is 0.0173. The normalized spacial score (nSPS) is 14.5. The maximum absolute atomic E-state index is 14.8. The van der Waals surface area contributed by atoms with E-state index in [-0.39, 0.29) is 82.3 Å². The highest BCUT2D eigenvalue weighted by atomic mass is 16.4. The molecule has 22 N–H and O–H groups in total. The number of carboxylic acid groups (broad SMARTS) is 2. The minimum absolute atomic E-state index is 0.0340. The van der Waals surface area contributed by atoms with Gasteiger partial charge in [-0.2, -0.15) is 0 Å². The summed E-state index contributed by atoms with van der Waals surface area (Å²) >= 11 is 0. The number of amides is 10. The minimum atomic E-state index is -1.67. The van der Waals surface area contributed by atoms with E-state index in [2.05, 4.69) is 57.8 Å². The van der Waals surface area contributed by atoms with E-state index in [1.165, 1.54) is 0 Å². The van der Waals surface area contributed by atoms with Gasteiger partial charge in [-0.1, -0.05) is 96.5 Å². The molecule has 502 valence electrons. The van der Waals surface area contributed by atoms with Crippen molar-refractivity contribution in [3.63, 3.8) is 0 Å². The molecule has 30 heteroatoms. The van der Waals surface area contributed by atoms with E-state index in [4.69, 9.17) is 33.8 Å². The maximum Gasteiger partial charge on any atom is 0.322 e. The number of aromatic nitrogens is 1. The molecule has 0 aliphatic carbocycles. The van der Waals surface area contributed by atoms with Gasteiger partial charge in [0.15, 0.2) is 5.96 Å². The number of primary amides is 1. The first-order valence-corrected chi connectivity index (χ1v) is 30.6. The van der Waals surface area contributed by atoms with Gasteiger partial charge in [0.2, 0.25) is 59.1 Å². The van der Waals surface area contributed by atoms with E-state index in [1.807, 2.05) is 13.8 Å². The third kappa shape index (κ3) is 27.6. The Hall–Kier alpha value is -9.19. The van der Waals surface area contributed by atoms with Crippen molar-refractivity contribution < 1.29 is 67.7 Å². The highest BCUT2D eigenvalue weighted by molar-refractivity contribution is 5.99. The van der Waals surface area contributed by atoms with E-state index in [0.29, 0.717) is 34.9 Å². The van der Waals surface area contributed by atoms with Crippen LogP contribution in [0, 0.1) is 17.8 Å². The molecule has 1 heterocycles. The SMILES string of the molecule is CC[C@H](C)[C@H](NC(=O)[C@H](Cc1ccccc1)NC(=O)[C@H](CC(C)C)NC(=O)[C@@H](N)CCCN=C(N)N)C(=O)N[C@@H](CCC(=O)O)C(=O)N[C@@H](Cc1c[nH]c2ccccc12)C(=O)N[C@@H](CC(C)C)C(=O)N[C@@H](CCCCN)C(=O)N[C@@H](CC(N)=O)C(=O)NCC(=O)O. The lowest BCUT2D eigenvalue weighted by molar-refractivity contribution is -0.139. The summed E-state index contributed by atoms with van der Waals surface area (Å²) in [5, 5.41) is 43.0. The van der Waals surface area contributed by atoms with Crippen molar-refractivity contribution in [1.29, 1.82) is 0 Å². The summed E-state index contributed by atoms with van der Waals surface area (Å²) in [5.74, 6) is -12.8. The first-order chi connectivity index (χ1) is 43.0. The number of carboxylic acids is 2. The zero-order valence-corrected chi connectivity index (χ0v) is 52.6. The molecular formula is C61H94N16O14. The van der Waals surface area contributed by atoms with Crippen molar-refractivity contribution in [3.8, 4) is 0 Å². The summed E-state index contributed by atoms with van der Waals surface area (Å²) in [6, 6.07) is 3.11. The van der Waals surface area contributed by atoms with Gasteiger partial charge in [0.25, 0.3) is 0 Å². The second kappa shape index (κ2) is 39.0. The van der Waals surface area contributed by atoms with Crippen LogP contribution in [0.15, 0.2) is 65.8 Å². The van der Waals surface area contributed by atoms with E-state index in [1.54, 1.807) is 88.5 Å². The topological polar surface area (TPSA) is 512 Å². The minimum Gasteiger partial charge on any atom is -0.481 e. The molecule has 0 unspecified atom stereocenters. The Kier molecular flexibility index (Phi) is 32.6. The number of H-pyrrole nitrogens is 1. The molecule has 0 aliphatic rings.